The van der Waals surface area contributed by atoms with Crippen molar-refractivity contribution < 1.29 is 9.84 Å². The first-order valence-electron chi connectivity index (χ1n) is 6.89. The van der Waals surface area contributed by atoms with Gasteiger partial charge in [-0.2, -0.15) is 0 Å². The smallest absolute Gasteiger partial charge is 0.134 e. The second kappa shape index (κ2) is 7.25. The van der Waals surface area contributed by atoms with E-state index in [0.29, 0.717) is 11.3 Å². The zero-order chi connectivity index (χ0) is 15.1. The number of ether oxygens (including phenoxy) is 1. The minimum atomic E-state index is 0.153. The quantitative estimate of drug-likeness (QED) is 0.513. The molecule has 2 rings (SSSR count). The van der Waals surface area contributed by atoms with Crippen molar-refractivity contribution in [1.82, 2.24) is 0 Å². The lowest BCUT2D eigenvalue weighted by atomic mass is 10.1. The van der Waals surface area contributed by atoms with E-state index in [0.717, 1.165) is 24.9 Å². The van der Waals surface area contributed by atoms with Gasteiger partial charge in [-0.25, -0.2) is 0 Å². The van der Waals surface area contributed by atoms with E-state index in [1.165, 1.54) is 5.56 Å². The Balaban J connectivity index is 1.85. The highest BCUT2D eigenvalue weighted by Gasteiger charge is 1.99. The van der Waals surface area contributed by atoms with Gasteiger partial charge in [-0.15, -0.1) is 0 Å². The van der Waals surface area contributed by atoms with Gasteiger partial charge >= 0.3 is 0 Å². The number of phenols is 1. The fourth-order valence-electron chi connectivity index (χ4n) is 1.97. The van der Waals surface area contributed by atoms with Gasteiger partial charge in [0.2, 0.25) is 0 Å². The Morgan fingerprint density at radius 2 is 1.90 bits per heavy atom. The van der Waals surface area contributed by atoms with Crippen molar-refractivity contribution in [1.29, 1.82) is 0 Å². The average molecular weight is 281 g/mol. The molecule has 0 fully saturated rings. The van der Waals surface area contributed by atoms with Crippen LogP contribution in [-0.4, -0.2) is 12.2 Å². The van der Waals surface area contributed by atoms with Crippen molar-refractivity contribution >= 4 is 5.69 Å². The minimum absolute atomic E-state index is 0.153. The fourth-order valence-corrected chi connectivity index (χ4v) is 1.97. The number of unbranched alkanes of at least 4 members (excludes halogenated alkanes) is 1. The second-order valence-corrected chi connectivity index (χ2v) is 4.78. The highest BCUT2D eigenvalue weighted by Crippen LogP contribution is 2.22. The van der Waals surface area contributed by atoms with Crippen molar-refractivity contribution in [2.45, 2.75) is 19.3 Å². The molecule has 2 aromatic rings. The molecule has 108 valence electrons. The fraction of sp³-hybridized carbons (Fsp3) is 0.222. The van der Waals surface area contributed by atoms with E-state index in [4.69, 9.17) is 10.5 Å². The van der Waals surface area contributed by atoms with E-state index in [-0.39, 0.29) is 5.75 Å². The number of aromatic hydroxyl groups is 1. The lowest BCUT2D eigenvalue weighted by Crippen LogP contribution is -1.87. The standard InChI is InChI=1S/C18H19NO2/c1-21-17-12-9-15(18(20)13-17)6-4-2-3-5-14-7-10-16(19)11-8-14/h7-13,20H,2-3,5,19H2,1H3. The zero-order valence-corrected chi connectivity index (χ0v) is 12.1. The van der Waals surface area contributed by atoms with E-state index in [9.17, 15) is 5.11 Å². The van der Waals surface area contributed by atoms with E-state index in [1.807, 2.05) is 24.3 Å². The number of nitrogens with two attached hydrogens (primary N) is 1. The number of anilines is 1. The van der Waals surface area contributed by atoms with Crippen LogP contribution in [0.4, 0.5) is 5.69 Å². The lowest BCUT2D eigenvalue weighted by Gasteiger charge is -2.01. The van der Waals surface area contributed by atoms with Crippen LogP contribution < -0.4 is 10.5 Å². The van der Waals surface area contributed by atoms with Crippen LogP contribution in [0.25, 0.3) is 0 Å². The molecular formula is C18H19NO2. The molecule has 0 saturated heterocycles. The van der Waals surface area contributed by atoms with Crippen LogP contribution in [-0.2, 0) is 6.42 Å². The molecule has 0 aliphatic heterocycles. The summed E-state index contributed by atoms with van der Waals surface area (Å²) < 4.78 is 5.03. The van der Waals surface area contributed by atoms with Crippen LogP contribution in [0, 0.1) is 11.8 Å². The average Bonchev–Trinajstić information content (AvgIpc) is 2.50. The molecule has 0 unspecified atom stereocenters. The van der Waals surface area contributed by atoms with Gasteiger partial charge in [-0.3, -0.25) is 0 Å². The predicted molar refractivity (Wildman–Crippen MR) is 85.3 cm³/mol. The molecule has 0 saturated carbocycles. The molecule has 0 atom stereocenters. The summed E-state index contributed by atoms with van der Waals surface area (Å²) in [7, 11) is 1.57. The maximum Gasteiger partial charge on any atom is 0.134 e. The molecule has 0 aromatic heterocycles. The normalized spacial score (nSPS) is 9.76. The second-order valence-electron chi connectivity index (χ2n) is 4.78. The van der Waals surface area contributed by atoms with Crippen LogP contribution in [0.5, 0.6) is 11.5 Å². The first kappa shape index (κ1) is 14.8. The molecule has 0 spiro atoms. The summed E-state index contributed by atoms with van der Waals surface area (Å²) in [5.41, 5.74) is 8.32. The molecule has 3 nitrogen and oxygen atoms in total. The molecular weight excluding hydrogens is 262 g/mol. The molecule has 0 radical (unpaired) electrons. The maximum atomic E-state index is 9.79. The third kappa shape index (κ3) is 4.47. The first-order chi connectivity index (χ1) is 10.2. The Morgan fingerprint density at radius 1 is 1.14 bits per heavy atom. The summed E-state index contributed by atoms with van der Waals surface area (Å²) >= 11 is 0. The molecule has 21 heavy (non-hydrogen) atoms. The number of aryl methyl sites for hydroxylation is 1. The van der Waals surface area contributed by atoms with Crippen molar-refractivity contribution in [2.75, 3.05) is 12.8 Å². The SMILES string of the molecule is COc1ccc(C#CCCCc2ccc(N)cc2)c(O)c1. The van der Waals surface area contributed by atoms with E-state index in [1.54, 1.807) is 25.3 Å². The molecule has 2 aromatic carbocycles. The molecule has 0 heterocycles. The van der Waals surface area contributed by atoms with Crippen molar-refractivity contribution in [3.8, 4) is 23.3 Å². The van der Waals surface area contributed by atoms with Gasteiger partial charge in [0.15, 0.2) is 0 Å². The predicted octanol–water partition coefficient (Wildman–Crippen LogP) is 3.36. The summed E-state index contributed by atoms with van der Waals surface area (Å²) in [6, 6.07) is 13.0. The van der Waals surface area contributed by atoms with Crippen LogP contribution in [0.1, 0.15) is 24.0 Å². The Hall–Kier alpha value is -2.60. The van der Waals surface area contributed by atoms with E-state index in [2.05, 4.69) is 11.8 Å². The highest BCUT2D eigenvalue weighted by molar-refractivity contribution is 5.49. The van der Waals surface area contributed by atoms with Crippen molar-refractivity contribution in [3.63, 3.8) is 0 Å². The number of benzene rings is 2. The summed E-state index contributed by atoms with van der Waals surface area (Å²) in [6.07, 6.45) is 2.74. The number of rotatable bonds is 4. The van der Waals surface area contributed by atoms with E-state index < -0.39 is 0 Å². The molecule has 3 heteroatoms. The monoisotopic (exact) mass is 281 g/mol. The van der Waals surface area contributed by atoms with Crippen molar-refractivity contribution in [3.05, 3.63) is 53.6 Å². The maximum absolute atomic E-state index is 9.79. The third-order valence-corrected chi connectivity index (χ3v) is 3.17. The Morgan fingerprint density at radius 3 is 2.57 bits per heavy atom. The van der Waals surface area contributed by atoms with Crippen molar-refractivity contribution in [2.24, 2.45) is 0 Å². The molecule has 0 aliphatic carbocycles. The Kier molecular flexibility index (Phi) is 5.11. The van der Waals surface area contributed by atoms with Gasteiger partial charge in [0.25, 0.3) is 0 Å². The number of methoxy groups -OCH3 is 1. The van der Waals surface area contributed by atoms with E-state index >= 15 is 0 Å². The number of hydrogen-bond acceptors (Lipinski definition) is 3. The largest absolute Gasteiger partial charge is 0.507 e. The Bertz CT molecular complexity index is 651. The Labute approximate surface area is 125 Å². The molecule has 0 aliphatic rings. The number of nitrogen functional groups attached to an aromatic ring is 1. The summed E-state index contributed by atoms with van der Waals surface area (Å²) in [5, 5.41) is 9.79. The third-order valence-electron chi connectivity index (χ3n) is 3.17. The van der Waals surface area contributed by atoms with Crippen LogP contribution in [0.2, 0.25) is 0 Å². The minimum Gasteiger partial charge on any atom is -0.507 e. The molecule has 3 N–H and O–H groups in total. The van der Waals surface area contributed by atoms with Crippen LogP contribution in [0.3, 0.4) is 0 Å². The number of hydrogen-bond donors (Lipinski definition) is 2. The topological polar surface area (TPSA) is 55.5 Å². The lowest BCUT2D eigenvalue weighted by molar-refractivity contribution is 0.407. The van der Waals surface area contributed by atoms with Crippen LogP contribution >= 0.6 is 0 Å². The first-order valence-corrected chi connectivity index (χ1v) is 6.89. The van der Waals surface area contributed by atoms with Gasteiger partial charge in [0.1, 0.15) is 11.5 Å². The summed E-state index contributed by atoms with van der Waals surface area (Å²) in [6.45, 7) is 0. The van der Waals surface area contributed by atoms with Crippen LogP contribution in [0.15, 0.2) is 42.5 Å². The summed E-state index contributed by atoms with van der Waals surface area (Å²) in [4.78, 5) is 0. The zero-order valence-electron chi connectivity index (χ0n) is 12.1. The van der Waals surface area contributed by atoms with Gasteiger partial charge in [0.05, 0.1) is 12.7 Å². The van der Waals surface area contributed by atoms with Gasteiger partial charge in [-0.1, -0.05) is 24.0 Å². The summed E-state index contributed by atoms with van der Waals surface area (Å²) in [5.74, 6) is 6.85. The molecule has 0 bridgehead atoms. The molecule has 0 amide bonds. The van der Waals surface area contributed by atoms with Gasteiger partial charge < -0.3 is 15.6 Å². The van der Waals surface area contributed by atoms with Gasteiger partial charge in [-0.05, 0) is 42.7 Å². The highest BCUT2D eigenvalue weighted by atomic mass is 16.5. The van der Waals surface area contributed by atoms with Gasteiger partial charge in [0, 0.05) is 18.2 Å². The number of phenolic OH excluding ortho intramolecular Hbond substituents is 1.